The van der Waals surface area contributed by atoms with Crippen LogP contribution in [0.2, 0.25) is 5.02 Å². The summed E-state index contributed by atoms with van der Waals surface area (Å²) in [5.41, 5.74) is 4.99. The lowest BCUT2D eigenvalue weighted by Crippen LogP contribution is -1.94. The van der Waals surface area contributed by atoms with Gasteiger partial charge in [-0.15, -0.1) is 0 Å². The Hall–Kier alpha value is -0.350. The Kier molecular flexibility index (Phi) is 2.34. The van der Waals surface area contributed by atoms with Crippen LogP contribution in [0.5, 0.6) is 0 Å². The average molecular weight is 242 g/mol. The Bertz CT molecular complexity index is 277. The van der Waals surface area contributed by atoms with Crippen molar-refractivity contribution in [2.24, 2.45) is 0 Å². The average Bonchev–Trinajstić information content (AvgIpc) is 1.97. The first-order valence-corrected chi connectivity index (χ1v) is 3.79. The number of halogens is 4. The van der Waals surface area contributed by atoms with E-state index in [0.29, 0.717) is 6.07 Å². The predicted molar refractivity (Wildman–Crippen MR) is 43.5 cm³/mol. The lowest BCUT2D eigenvalue weighted by atomic mass is 10.3. The fourth-order valence-corrected chi connectivity index (χ4v) is 1.12. The standard InChI is InChI=1S/C6H3BrClF2N/c7-4-5(8)2(9)1-3(10)6(4)11/h1H,11H2. The van der Waals surface area contributed by atoms with Gasteiger partial charge in [-0.2, -0.15) is 0 Å². The second-order valence-corrected chi connectivity index (χ2v) is 3.05. The number of hydrogen-bond acceptors (Lipinski definition) is 1. The SMILES string of the molecule is Nc1c(F)cc(F)c(Cl)c1Br. The van der Waals surface area contributed by atoms with Crippen molar-refractivity contribution in [3.63, 3.8) is 0 Å². The van der Waals surface area contributed by atoms with Crippen molar-refractivity contribution in [3.8, 4) is 0 Å². The molecule has 0 spiro atoms. The molecular weight excluding hydrogens is 239 g/mol. The Labute approximate surface area is 75.3 Å². The van der Waals surface area contributed by atoms with Crippen LogP contribution >= 0.6 is 27.5 Å². The molecule has 0 aliphatic carbocycles. The van der Waals surface area contributed by atoms with Crippen molar-refractivity contribution in [1.82, 2.24) is 0 Å². The smallest absolute Gasteiger partial charge is 0.150 e. The molecule has 0 aliphatic heterocycles. The third-order valence-electron chi connectivity index (χ3n) is 1.15. The fourth-order valence-electron chi connectivity index (χ4n) is 0.580. The minimum Gasteiger partial charge on any atom is -0.395 e. The van der Waals surface area contributed by atoms with E-state index in [2.05, 4.69) is 15.9 Å². The molecule has 60 valence electrons. The summed E-state index contributed by atoms with van der Waals surface area (Å²) >= 11 is 8.23. The first-order chi connectivity index (χ1) is 5.04. The molecule has 0 fully saturated rings. The van der Waals surface area contributed by atoms with E-state index >= 15 is 0 Å². The van der Waals surface area contributed by atoms with Crippen molar-refractivity contribution in [2.45, 2.75) is 0 Å². The number of nitrogen functional groups attached to an aromatic ring is 1. The maximum absolute atomic E-state index is 12.6. The number of nitrogens with two attached hydrogens (primary N) is 1. The van der Waals surface area contributed by atoms with Crippen LogP contribution in [-0.2, 0) is 0 Å². The van der Waals surface area contributed by atoms with Crippen LogP contribution in [0.1, 0.15) is 0 Å². The molecule has 0 saturated heterocycles. The van der Waals surface area contributed by atoms with Gasteiger partial charge >= 0.3 is 0 Å². The van der Waals surface area contributed by atoms with Crippen LogP contribution in [0.15, 0.2) is 10.5 Å². The number of benzene rings is 1. The molecule has 1 aromatic rings. The van der Waals surface area contributed by atoms with E-state index in [4.69, 9.17) is 17.3 Å². The number of anilines is 1. The second kappa shape index (κ2) is 2.95. The van der Waals surface area contributed by atoms with Gasteiger partial charge in [-0.05, 0) is 15.9 Å². The first kappa shape index (κ1) is 8.74. The van der Waals surface area contributed by atoms with Crippen LogP contribution < -0.4 is 5.73 Å². The van der Waals surface area contributed by atoms with E-state index in [1.807, 2.05) is 0 Å². The first-order valence-electron chi connectivity index (χ1n) is 2.62. The van der Waals surface area contributed by atoms with Crippen molar-refractivity contribution >= 4 is 33.2 Å². The molecule has 1 nitrogen and oxygen atoms in total. The Balaban J connectivity index is 3.46. The quantitative estimate of drug-likeness (QED) is 0.422. The summed E-state index contributed by atoms with van der Waals surface area (Å²) in [7, 11) is 0. The van der Waals surface area contributed by atoms with Gasteiger partial charge in [0.15, 0.2) is 0 Å². The molecule has 0 heterocycles. The summed E-state index contributed by atoms with van der Waals surface area (Å²) in [6.45, 7) is 0. The zero-order valence-corrected chi connectivity index (χ0v) is 7.51. The monoisotopic (exact) mass is 241 g/mol. The van der Waals surface area contributed by atoms with Crippen LogP contribution in [0.3, 0.4) is 0 Å². The predicted octanol–water partition coefficient (Wildman–Crippen LogP) is 2.96. The van der Waals surface area contributed by atoms with E-state index < -0.39 is 11.6 Å². The molecule has 0 amide bonds. The lowest BCUT2D eigenvalue weighted by molar-refractivity contribution is 0.585. The highest BCUT2D eigenvalue weighted by Gasteiger charge is 2.11. The van der Waals surface area contributed by atoms with Gasteiger partial charge in [-0.1, -0.05) is 11.6 Å². The zero-order valence-electron chi connectivity index (χ0n) is 5.17. The van der Waals surface area contributed by atoms with Crippen molar-refractivity contribution in [1.29, 1.82) is 0 Å². The van der Waals surface area contributed by atoms with Gasteiger partial charge in [0.2, 0.25) is 0 Å². The molecule has 0 saturated carbocycles. The van der Waals surface area contributed by atoms with Gasteiger partial charge in [-0.3, -0.25) is 0 Å². The van der Waals surface area contributed by atoms with E-state index in [1.54, 1.807) is 0 Å². The van der Waals surface area contributed by atoms with Gasteiger partial charge in [0.1, 0.15) is 11.6 Å². The Morgan fingerprint density at radius 1 is 1.36 bits per heavy atom. The minimum absolute atomic E-state index is 0.0525. The van der Waals surface area contributed by atoms with Gasteiger partial charge in [0, 0.05) is 6.07 Å². The maximum atomic E-state index is 12.6. The highest BCUT2D eigenvalue weighted by molar-refractivity contribution is 9.10. The third-order valence-corrected chi connectivity index (χ3v) is 2.57. The minimum atomic E-state index is -0.828. The van der Waals surface area contributed by atoms with Crippen LogP contribution in [0.4, 0.5) is 14.5 Å². The summed E-state index contributed by atoms with van der Waals surface area (Å²) < 4.78 is 25.2. The molecule has 0 radical (unpaired) electrons. The molecule has 0 atom stereocenters. The molecule has 5 heteroatoms. The topological polar surface area (TPSA) is 26.0 Å². The fraction of sp³-hybridized carbons (Fsp3) is 0. The Morgan fingerprint density at radius 2 is 1.91 bits per heavy atom. The maximum Gasteiger partial charge on any atom is 0.150 e. The number of rotatable bonds is 0. The molecule has 0 aromatic heterocycles. The summed E-state index contributed by atoms with van der Waals surface area (Å²) in [5.74, 6) is -1.65. The molecule has 2 N–H and O–H groups in total. The third kappa shape index (κ3) is 1.46. The molecule has 1 aromatic carbocycles. The number of hydrogen-bond donors (Lipinski definition) is 1. The van der Waals surface area contributed by atoms with Gasteiger partial charge in [-0.25, -0.2) is 8.78 Å². The van der Waals surface area contributed by atoms with Crippen LogP contribution in [0.25, 0.3) is 0 Å². The van der Waals surface area contributed by atoms with E-state index in [-0.39, 0.29) is 15.2 Å². The zero-order chi connectivity index (χ0) is 8.59. The normalized spacial score (nSPS) is 10.2. The highest BCUT2D eigenvalue weighted by atomic mass is 79.9. The van der Waals surface area contributed by atoms with Crippen molar-refractivity contribution < 1.29 is 8.78 Å². The highest BCUT2D eigenvalue weighted by Crippen LogP contribution is 2.32. The van der Waals surface area contributed by atoms with E-state index in [9.17, 15) is 8.78 Å². The van der Waals surface area contributed by atoms with Crippen LogP contribution in [0, 0.1) is 11.6 Å². The van der Waals surface area contributed by atoms with Gasteiger partial charge < -0.3 is 5.73 Å². The van der Waals surface area contributed by atoms with Gasteiger partial charge in [0.25, 0.3) is 0 Å². The molecule has 0 aliphatic rings. The van der Waals surface area contributed by atoms with Gasteiger partial charge in [0.05, 0.1) is 15.2 Å². The lowest BCUT2D eigenvalue weighted by Gasteiger charge is -2.02. The largest absolute Gasteiger partial charge is 0.395 e. The molecule has 0 bridgehead atoms. The van der Waals surface area contributed by atoms with Crippen LogP contribution in [-0.4, -0.2) is 0 Å². The summed E-state index contributed by atoms with van der Waals surface area (Å²) in [6.07, 6.45) is 0. The summed E-state index contributed by atoms with van der Waals surface area (Å²) in [4.78, 5) is 0. The summed E-state index contributed by atoms with van der Waals surface area (Å²) in [5, 5.41) is -0.205. The van der Waals surface area contributed by atoms with E-state index in [0.717, 1.165) is 0 Å². The molecule has 11 heavy (non-hydrogen) atoms. The molecule has 1 rings (SSSR count). The van der Waals surface area contributed by atoms with Crippen molar-refractivity contribution in [3.05, 3.63) is 27.2 Å². The van der Waals surface area contributed by atoms with E-state index in [1.165, 1.54) is 0 Å². The molecule has 0 unspecified atom stereocenters. The Morgan fingerprint density at radius 3 is 2.45 bits per heavy atom. The second-order valence-electron chi connectivity index (χ2n) is 1.88. The molecular formula is C6H3BrClF2N. The summed E-state index contributed by atoms with van der Waals surface area (Å²) in [6, 6.07) is 0.641. The van der Waals surface area contributed by atoms with Crippen molar-refractivity contribution in [2.75, 3.05) is 5.73 Å².